The number of hydrogen-bond donors (Lipinski definition) is 1. The zero-order valence-corrected chi connectivity index (χ0v) is 14.1. The van der Waals surface area contributed by atoms with E-state index in [4.69, 9.17) is 4.74 Å². The Labute approximate surface area is 139 Å². The smallest absolute Gasteiger partial charge is 0.336 e. The van der Waals surface area contributed by atoms with Gasteiger partial charge in [0.2, 0.25) is 0 Å². The summed E-state index contributed by atoms with van der Waals surface area (Å²) in [6.45, 7) is 0. The molecule has 4 aliphatic rings. The Morgan fingerprint density at radius 1 is 1.18 bits per heavy atom. The van der Waals surface area contributed by atoms with E-state index < -0.39 is 0 Å². The zero-order valence-electron chi connectivity index (χ0n) is 13.3. The highest BCUT2D eigenvalue weighted by molar-refractivity contribution is 5.89. The van der Waals surface area contributed by atoms with Crippen LogP contribution in [-0.4, -0.2) is 42.1 Å². The minimum absolute atomic E-state index is 0. The van der Waals surface area contributed by atoms with Crippen LogP contribution in [0.15, 0.2) is 11.8 Å². The summed E-state index contributed by atoms with van der Waals surface area (Å²) in [5.41, 5.74) is 0.908. The zero-order chi connectivity index (χ0) is 14.4. The maximum atomic E-state index is 12.5. The van der Waals surface area contributed by atoms with Gasteiger partial charge in [-0.3, -0.25) is 0 Å². The molecule has 3 heterocycles. The second-order valence-electron chi connectivity index (χ2n) is 7.31. The van der Waals surface area contributed by atoms with E-state index in [9.17, 15) is 4.79 Å². The minimum atomic E-state index is -0.0501. The molecule has 0 aromatic carbocycles. The molecule has 5 heteroatoms. The van der Waals surface area contributed by atoms with Crippen LogP contribution in [0.3, 0.4) is 0 Å². The Morgan fingerprint density at radius 2 is 1.86 bits per heavy atom. The van der Waals surface area contributed by atoms with Crippen molar-refractivity contribution in [2.24, 2.45) is 5.92 Å². The predicted molar refractivity (Wildman–Crippen MR) is 87.9 cm³/mol. The lowest BCUT2D eigenvalue weighted by atomic mass is 9.82. The van der Waals surface area contributed by atoms with Crippen LogP contribution in [0.4, 0.5) is 0 Å². The maximum Gasteiger partial charge on any atom is 0.336 e. The second-order valence-corrected chi connectivity index (χ2v) is 7.31. The van der Waals surface area contributed by atoms with Crippen LogP contribution in [0.2, 0.25) is 0 Å². The fraction of sp³-hybridized carbons (Fsp3) is 0.824. The highest BCUT2D eigenvalue weighted by atomic mass is 35.5. The van der Waals surface area contributed by atoms with Crippen molar-refractivity contribution in [3.63, 3.8) is 0 Å². The number of esters is 1. The van der Waals surface area contributed by atoms with Crippen molar-refractivity contribution in [1.82, 2.24) is 10.2 Å². The topological polar surface area (TPSA) is 41.6 Å². The monoisotopic (exact) mass is 326 g/mol. The summed E-state index contributed by atoms with van der Waals surface area (Å²) in [6.07, 6.45) is 11.5. The highest BCUT2D eigenvalue weighted by Gasteiger charge is 2.41. The van der Waals surface area contributed by atoms with Crippen molar-refractivity contribution in [2.75, 3.05) is 7.05 Å². The molecule has 0 radical (unpaired) electrons. The maximum absolute atomic E-state index is 12.5. The number of nitrogens with one attached hydrogen (secondary N) is 1. The van der Waals surface area contributed by atoms with Gasteiger partial charge in [0.05, 0.1) is 5.57 Å². The fourth-order valence-corrected chi connectivity index (χ4v) is 4.89. The highest BCUT2D eigenvalue weighted by Crippen LogP contribution is 2.38. The van der Waals surface area contributed by atoms with Crippen molar-refractivity contribution >= 4 is 18.4 Å². The van der Waals surface area contributed by atoms with E-state index in [-0.39, 0.29) is 24.5 Å². The van der Waals surface area contributed by atoms with Crippen molar-refractivity contribution in [3.05, 3.63) is 11.8 Å². The van der Waals surface area contributed by atoms with Gasteiger partial charge in [-0.2, -0.15) is 0 Å². The number of piperidine rings is 1. The van der Waals surface area contributed by atoms with Gasteiger partial charge in [0.15, 0.2) is 0 Å². The Bertz CT molecular complexity index is 454. The van der Waals surface area contributed by atoms with Crippen LogP contribution >= 0.6 is 12.4 Å². The van der Waals surface area contributed by atoms with Gasteiger partial charge in [-0.15, -0.1) is 12.4 Å². The molecule has 2 saturated heterocycles. The van der Waals surface area contributed by atoms with Crippen LogP contribution in [0.25, 0.3) is 0 Å². The number of carbonyl (C=O) groups is 1. The van der Waals surface area contributed by atoms with Gasteiger partial charge in [0, 0.05) is 43.1 Å². The van der Waals surface area contributed by atoms with Gasteiger partial charge < -0.3 is 15.0 Å². The third kappa shape index (κ3) is 2.76. The van der Waals surface area contributed by atoms with Crippen molar-refractivity contribution in [1.29, 1.82) is 0 Å². The lowest BCUT2D eigenvalue weighted by Crippen LogP contribution is -2.43. The number of ether oxygens (including phenoxy) is 1. The molecule has 0 aromatic heterocycles. The number of halogens is 1. The molecule has 2 bridgehead atoms. The Morgan fingerprint density at radius 3 is 2.59 bits per heavy atom. The standard InChI is InChI=1S/C17H26N2O2.ClH/c1-19-11-6-7-12(19)9-13(8-11)21-17(20)15-10-18-16-5-3-2-4-14(15)16;/h10-14,16,18H,2-9H2,1H3;1H. The second kappa shape index (κ2) is 6.40. The molecule has 3 fully saturated rings. The van der Waals surface area contributed by atoms with E-state index in [1.807, 2.05) is 6.20 Å². The first kappa shape index (κ1) is 16.1. The Kier molecular flexibility index (Phi) is 4.69. The summed E-state index contributed by atoms with van der Waals surface area (Å²) in [6, 6.07) is 1.73. The third-order valence-corrected chi connectivity index (χ3v) is 6.18. The largest absolute Gasteiger partial charge is 0.459 e. The van der Waals surface area contributed by atoms with Crippen LogP contribution in [0.1, 0.15) is 51.4 Å². The lowest BCUT2D eigenvalue weighted by molar-refractivity contribution is -0.148. The van der Waals surface area contributed by atoms with E-state index in [1.165, 1.54) is 32.1 Å². The molecular formula is C17H27ClN2O2. The van der Waals surface area contributed by atoms with Gasteiger partial charge in [0.1, 0.15) is 6.10 Å². The van der Waals surface area contributed by atoms with Crippen molar-refractivity contribution < 1.29 is 9.53 Å². The lowest BCUT2D eigenvalue weighted by Gasteiger charge is -2.36. The Balaban J connectivity index is 0.00000144. The fourth-order valence-electron chi connectivity index (χ4n) is 4.89. The van der Waals surface area contributed by atoms with E-state index in [0.717, 1.165) is 24.8 Å². The van der Waals surface area contributed by atoms with Gasteiger partial charge in [-0.05, 0) is 32.7 Å². The molecule has 0 spiro atoms. The molecule has 0 amide bonds. The summed E-state index contributed by atoms with van der Waals surface area (Å²) in [4.78, 5) is 15.0. The summed E-state index contributed by atoms with van der Waals surface area (Å²) in [5.74, 6) is 0.347. The van der Waals surface area contributed by atoms with Crippen molar-refractivity contribution in [2.45, 2.75) is 75.6 Å². The number of rotatable bonds is 2. The third-order valence-electron chi connectivity index (χ3n) is 6.18. The van der Waals surface area contributed by atoms with Gasteiger partial charge in [-0.25, -0.2) is 4.79 Å². The molecular weight excluding hydrogens is 300 g/mol. The Hall–Kier alpha value is -0.740. The van der Waals surface area contributed by atoms with Crippen LogP contribution in [0.5, 0.6) is 0 Å². The summed E-state index contributed by atoms with van der Waals surface area (Å²) in [7, 11) is 2.22. The van der Waals surface area contributed by atoms with Crippen LogP contribution < -0.4 is 5.32 Å². The van der Waals surface area contributed by atoms with E-state index >= 15 is 0 Å². The number of nitrogens with zero attached hydrogens (tertiary/aromatic N) is 1. The van der Waals surface area contributed by atoms with Crippen molar-refractivity contribution in [3.8, 4) is 0 Å². The number of hydrogen-bond acceptors (Lipinski definition) is 4. The van der Waals surface area contributed by atoms with E-state index in [0.29, 0.717) is 24.0 Å². The molecule has 1 saturated carbocycles. The molecule has 124 valence electrons. The first-order chi connectivity index (χ1) is 10.2. The molecule has 4 rings (SSSR count). The summed E-state index contributed by atoms with van der Waals surface area (Å²) >= 11 is 0. The van der Waals surface area contributed by atoms with E-state index in [1.54, 1.807) is 0 Å². The van der Waals surface area contributed by atoms with Gasteiger partial charge in [0.25, 0.3) is 0 Å². The van der Waals surface area contributed by atoms with Gasteiger partial charge in [-0.1, -0.05) is 12.8 Å². The number of carbonyl (C=O) groups excluding carboxylic acids is 1. The average Bonchev–Trinajstić information content (AvgIpc) is 2.98. The number of fused-ring (bicyclic) bond motifs is 3. The first-order valence-corrected chi connectivity index (χ1v) is 8.61. The van der Waals surface area contributed by atoms with Crippen LogP contribution in [-0.2, 0) is 9.53 Å². The normalized spacial score (nSPS) is 40.2. The molecule has 4 atom stereocenters. The average molecular weight is 327 g/mol. The molecule has 1 aliphatic carbocycles. The summed E-state index contributed by atoms with van der Waals surface area (Å²) in [5, 5.41) is 3.39. The quantitative estimate of drug-likeness (QED) is 0.792. The molecule has 4 nitrogen and oxygen atoms in total. The predicted octanol–water partition coefficient (Wildman–Crippen LogP) is 2.62. The molecule has 22 heavy (non-hydrogen) atoms. The van der Waals surface area contributed by atoms with E-state index in [2.05, 4.69) is 17.3 Å². The first-order valence-electron chi connectivity index (χ1n) is 8.61. The molecule has 0 aromatic rings. The van der Waals surface area contributed by atoms with Gasteiger partial charge >= 0.3 is 5.97 Å². The molecule has 3 aliphatic heterocycles. The molecule has 1 N–H and O–H groups in total. The minimum Gasteiger partial charge on any atom is -0.459 e. The summed E-state index contributed by atoms with van der Waals surface area (Å²) < 4.78 is 5.88. The van der Waals surface area contributed by atoms with Crippen LogP contribution in [0, 0.1) is 5.92 Å². The molecule has 4 unspecified atom stereocenters. The SMILES string of the molecule is CN1C2CCC1CC(OC(=O)C1=CNC3CCCCC13)C2.Cl.